The Kier molecular flexibility index (Phi) is 5.72. The van der Waals surface area contributed by atoms with Crippen LogP contribution >= 0.6 is 11.8 Å². The fraction of sp³-hybridized carbons (Fsp3) is 0.333. The number of benzene rings is 1. The Morgan fingerprint density at radius 1 is 1.31 bits per heavy atom. The van der Waals surface area contributed by atoms with Gasteiger partial charge in [0.2, 0.25) is 0 Å². The van der Waals surface area contributed by atoms with E-state index >= 15 is 0 Å². The molecular weight excluding hydrogens is 352 g/mol. The maximum Gasteiger partial charge on any atom is 0.293 e. The molecule has 0 atom stereocenters. The zero-order valence-electron chi connectivity index (χ0n) is 14.5. The molecule has 1 aliphatic heterocycles. The Morgan fingerprint density at radius 2 is 2.08 bits per heavy atom. The fourth-order valence-corrected chi connectivity index (χ4v) is 3.51. The third kappa shape index (κ3) is 4.13. The van der Waals surface area contributed by atoms with Gasteiger partial charge in [0.05, 0.1) is 21.8 Å². The Labute approximate surface area is 156 Å². The lowest BCUT2D eigenvalue weighted by Gasteiger charge is -2.17. The third-order valence-corrected chi connectivity index (χ3v) is 4.99. The number of hydrogen-bond donors (Lipinski definition) is 1. The second-order valence-electron chi connectivity index (χ2n) is 5.93. The lowest BCUT2D eigenvalue weighted by molar-refractivity contribution is -0.384. The number of nitrogens with zero attached hydrogens (tertiary/aromatic N) is 3. The number of hydrogen-bond acceptors (Lipinski definition) is 6. The molecule has 1 aromatic carbocycles. The zero-order chi connectivity index (χ0) is 18.5. The summed E-state index contributed by atoms with van der Waals surface area (Å²) in [6, 6.07) is 8.25. The Balaban J connectivity index is 1.78. The summed E-state index contributed by atoms with van der Waals surface area (Å²) in [6.45, 7) is 3.65. The quantitative estimate of drug-likeness (QED) is 0.469. The molecular formula is C18H20N4O3S. The van der Waals surface area contributed by atoms with E-state index in [1.165, 1.54) is 6.07 Å². The molecule has 0 bridgehead atoms. The first-order valence-corrected chi connectivity index (χ1v) is 9.50. The Bertz CT molecular complexity index is 805. The number of anilines is 2. The maximum atomic E-state index is 12.5. The second kappa shape index (κ2) is 8.18. The minimum atomic E-state index is -0.428. The molecule has 8 heteroatoms. The molecule has 7 nitrogen and oxygen atoms in total. The molecule has 2 aromatic rings. The molecule has 2 heterocycles. The van der Waals surface area contributed by atoms with Gasteiger partial charge in [0.1, 0.15) is 5.69 Å². The van der Waals surface area contributed by atoms with E-state index in [-0.39, 0.29) is 11.3 Å². The van der Waals surface area contributed by atoms with Gasteiger partial charge in [-0.3, -0.25) is 14.9 Å². The predicted molar refractivity (Wildman–Crippen MR) is 103 cm³/mol. The normalized spacial score (nSPS) is 13.7. The van der Waals surface area contributed by atoms with Gasteiger partial charge in [0, 0.05) is 24.7 Å². The largest absolute Gasteiger partial charge is 0.366 e. The van der Waals surface area contributed by atoms with E-state index < -0.39 is 10.8 Å². The number of nitrogens with one attached hydrogen (secondary N) is 1. The van der Waals surface area contributed by atoms with Crippen LogP contribution in [0.1, 0.15) is 30.1 Å². The van der Waals surface area contributed by atoms with E-state index in [2.05, 4.69) is 10.3 Å². The topological polar surface area (TPSA) is 88.4 Å². The van der Waals surface area contributed by atoms with Crippen molar-refractivity contribution in [1.29, 1.82) is 0 Å². The number of carbonyl (C=O) groups is 1. The number of thioether (sulfide) groups is 1. The average Bonchev–Trinajstić information content (AvgIpc) is 3.17. The molecule has 1 fully saturated rings. The smallest absolute Gasteiger partial charge is 0.293 e. The summed E-state index contributed by atoms with van der Waals surface area (Å²) < 4.78 is 0. The lowest BCUT2D eigenvalue weighted by atomic mass is 10.1. The first kappa shape index (κ1) is 18.2. The molecule has 1 N–H and O–H groups in total. The number of amides is 1. The minimum absolute atomic E-state index is 0.0348. The van der Waals surface area contributed by atoms with Crippen LogP contribution in [-0.2, 0) is 0 Å². The van der Waals surface area contributed by atoms with Crippen molar-refractivity contribution < 1.29 is 9.72 Å². The van der Waals surface area contributed by atoms with Crippen LogP contribution in [0.5, 0.6) is 0 Å². The van der Waals surface area contributed by atoms with Gasteiger partial charge < -0.3 is 10.2 Å². The van der Waals surface area contributed by atoms with Crippen LogP contribution in [0.2, 0.25) is 0 Å². The van der Waals surface area contributed by atoms with Crippen molar-refractivity contribution in [2.45, 2.75) is 24.8 Å². The molecule has 3 rings (SSSR count). The first-order valence-electron chi connectivity index (χ1n) is 8.52. The van der Waals surface area contributed by atoms with Gasteiger partial charge in [-0.15, -0.1) is 11.8 Å². The second-order valence-corrected chi connectivity index (χ2v) is 7.21. The van der Waals surface area contributed by atoms with Crippen LogP contribution in [-0.4, -0.2) is 34.7 Å². The lowest BCUT2D eigenvalue weighted by Crippen LogP contribution is -2.19. The van der Waals surface area contributed by atoms with E-state index in [1.54, 1.807) is 36.2 Å². The summed E-state index contributed by atoms with van der Waals surface area (Å²) >= 11 is 1.61. The molecule has 0 saturated carbocycles. The van der Waals surface area contributed by atoms with Crippen molar-refractivity contribution >= 4 is 34.7 Å². The molecule has 0 radical (unpaired) electrons. The summed E-state index contributed by atoms with van der Waals surface area (Å²) in [5.74, 6) is 0.532. The van der Waals surface area contributed by atoms with Crippen molar-refractivity contribution in [1.82, 2.24) is 4.98 Å². The number of pyridine rings is 1. The van der Waals surface area contributed by atoms with Crippen molar-refractivity contribution in [2.75, 3.05) is 29.1 Å². The number of rotatable bonds is 6. The van der Waals surface area contributed by atoms with E-state index in [0.717, 1.165) is 36.7 Å². The molecule has 136 valence electrons. The Morgan fingerprint density at radius 3 is 2.69 bits per heavy atom. The molecule has 26 heavy (non-hydrogen) atoms. The van der Waals surface area contributed by atoms with Crippen LogP contribution in [0.4, 0.5) is 17.1 Å². The van der Waals surface area contributed by atoms with Crippen molar-refractivity contribution in [3.8, 4) is 0 Å². The maximum absolute atomic E-state index is 12.5. The molecule has 0 unspecified atom stereocenters. The van der Waals surface area contributed by atoms with E-state index in [1.807, 2.05) is 17.9 Å². The van der Waals surface area contributed by atoms with Crippen molar-refractivity contribution in [2.24, 2.45) is 0 Å². The zero-order valence-corrected chi connectivity index (χ0v) is 15.3. The van der Waals surface area contributed by atoms with E-state index in [9.17, 15) is 14.9 Å². The van der Waals surface area contributed by atoms with Crippen molar-refractivity contribution in [3.63, 3.8) is 0 Å². The number of nitro benzene ring substituents is 1. The third-order valence-electron chi connectivity index (χ3n) is 4.17. The monoisotopic (exact) mass is 372 g/mol. The molecule has 1 saturated heterocycles. The Hall–Kier alpha value is -2.61. The van der Waals surface area contributed by atoms with E-state index in [0.29, 0.717) is 11.4 Å². The van der Waals surface area contributed by atoms with Gasteiger partial charge >= 0.3 is 0 Å². The highest BCUT2D eigenvalue weighted by Gasteiger charge is 2.23. The highest BCUT2D eigenvalue weighted by molar-refractivity contribution is 7.99. The molecule has 0 spiro atoms. The number of aromatic nitrogens is 1. The first-order chi connectivity index (χ1) is 12.6. The van der Waals surface area contributed by atoms with Crippen LogP contribution in [0.25, 0.3) is 0 Å². The summed E-state index contributed by atoms with van der Waals surface area (Å²) in [7, 11) is 0. The van der Waals surface area contributed by atoms with Gasteiger partial charge in [-0.05, 0) is 42.9 Å². The summed E-state index contributed by atoms with van der Waals surface area (Å²) in [5, 5.41) is 15.1. The van der Waals surface area contributed by atoms with Gasteiger partial charge in [-0.2, -0.15) is 0 Å². The number of carbonyl (C=O) groups excluding carboxylic acids is 1. The van der Waals surface area contributed by atoms with Crippen LogP contribution in [0.15, 0.2) is 41.6 Å². The van der Waals surface area contributed by atoms with Crippen molar-refractivity contribution in [3.05, 3.63) is 52.2 Å². The van der Waals surface area contributed by atoms with Gasteiger partial charge in [0.25, 0.3) is 11.6 Å². The molecule has 1 aliphatic rings. The van der Waals surface area contributed by atoms with Crippen LogP contribution < -0.4 is 10.2 Å². The summed E-state index contributed by atoms with van der Waals surface area (Å²) in [5.41, 5.74) is 1.35. The van der Waals surface area contributed by atoms with E-state index in [4.69, 9.17) is 0 Å². The standard InChI is InChI=1S/C18H20N4O3S/c1-2-26-17-8-6-14(12-19-17)20-18(23)13-5-7-15(16(11-13)22(24)25)21-9-3-4-10-21/h5-8,11-12H,2-4,9-10H2,1H3,(H,20,23). The minimum Gasteiger partial charge on any atom is -0.366 e. The molecule has 0 aliphatic carbocycles. The number of nitro groups is 1. The average molecular weight is 372 g/mol. The van der Waals surface area contributed by atoms with Crippen LogP contribution in [0, 0.1) is 10.1 Å². The highest BCUT2D eigenvalue weighted by atomic mass is 32.2. The molecule has 1 amide bonds. The summed E-state index contributed by atoms with van der Waals surface area (Å²) in [4.78, 5) is 29.7. The van der Waals surface area contributed by atoms with Gasteiger partial charge in [0.15, 0.2) is 0 Å². The predicted octanol–water partition coefficient (Wildman–Crippen LogP) is 3.95. The summed E-state index contributed by atoms with van der Waals surface area (Å²) in [6.07, 6.45) is 3.64. The van der Waals surface area contributed by atoms with Crippen LogP contribution in [0.3, 0.4) is 0 Å². The highest BCUT2D eigenvalue weighted by Crippen LogP contribution is 2.31. The molecule has 1 aromatic heterocycles. The van der Waals surface area contributed by atoms with Gasteiger partial charge in [-0.25, -0.2) is 4.98 Å². The SMILES string of the molecule is CCSc1ccc(NC(=O)c2ccc(N3CCCC3)c([N+](=O)[O-])c2)cn1. The fourth-order valence-electron chi connectivity index (χ4n) is 2.93. The van der Waals surface area contributed by atoms with Gasteiger partial charge in [-0.1, -0.05) is 6.92 Å².